The van der Waals surface area contributed by atoms with E-state index in [1.54, 1.807) is 4.90 Å². The van der Waals surface area contributed by atoms with Gasteiger partial charge in [-0.1, -0.05) is 126 Å². The van der Waals surface area contributed by atoms with E-state index in [0.29, 0.717) is 44.9 Å². The van der Waals surface area contributed by atoms with Gasteiger partial charge in [0.05, 0.1) is 24.3 Å². The molecule has 2 N–H and O–H groups in total. The number of benzene rings is 1. The molecule has 0 bridgehead atoms. The molecule has 0 spiro atoms. The van der Waals surface area contributed by atoms with E-state index in [0.717, 1.165) is 88.4 Å². The number of unbranched alkanes of at least 4 members (excludes halogenated alkanes) is 8. The summed E-state index contributed by atoms with van der Waals surface area (Å²) in [7, 11) is 0. The van der Waals surface area contributed by atoms with Crippen molar-refractivity contribution in [3.05, 3.63) is 29.8 Å². The molecule has 1 aliphatic rings. The lowest BCUT2D eigenvalue weighted by Crippen LogP contribution is -2.63. The van der Waals surface area contributed by atoms with Gasteiger partial charge in [-0.25, -0.2) is 4.79 Å². The predicted molar refractivity (Wildman–Crippen MR) is 243 cm³/mol. The van der Waals surface area contributed by atoms with E-state index in [4.69, 9.17) is 9.47 Å². The first-order valence-corrected chi connectivity index (χ1v) is 22.9. The molecule has 1 aliphatic heterocycles. The van der Waals surface area contributed by atoms with Gasteiger partial charge in [-0.3, -0.25) is 19.7 Å². The van der Waals surface area contributed by atoms with Gasteiger partial charge in [0.1, 0.15) is 11.5 Å². The van der Waals surface area contributed by atoms with Gasteiger partial charge in [0, 0.05) is 46.8 Å². The van der Waals surface area contributed by atoms with Crippen LogP contribution in [0.3, 0.4) is 0 Å². The Labute approximate surface area is 360 Å². The number of rotatable bonds is 23. The van der Waals surface area contributed by atoms with Crippen molar-refractivity contribution in [1.29, 1.82) is 0 Å². The lowest BCUT2D eigenvalue weighted by Gasteiger charge is -2.43. The molecular formula is C50H87N3O6. The Hall–Kier alpha value is -2.78. The summed E-state index contributed by atoms with van der Waals surface area (Å²) in [6.07, 6.45) is 12.2. The Morgan fingerprint density at radius 3 is 1.71 bits per heavy atom. The number of hydrogen-bond acceptors (Lipinski definition) is 8. The summed E-state index contributed by atoms with van der Waals surface area (Å²) in [5.41, 5.74) is -2.19. The Bertz CT molecular complexity index is 1500. The SMILES string of the molecule is CC(C)(C)NC(CCCCCCCCOC(=O)N1CC[C@@](NC(C)(C)C)(C(=O)C(C)(C)C)C1)(CCCCCCOc1cccc(CC(=O)C(C)(C)C)c1)C(=O)C(C)(C)C. The monoisotopic (exact) mass is 826 g/mol. The third-order valence-electron chi connectivity index (χ3n) is 11.1. The maximum atomic E-state index is 14.2. The summed E-state index contributed by atoms with van der Waals surface area (Å²) in [5, 5.41) is 7.39. The Kier molecular flexibility index (Phi) is 19.4. The second kappa shape index (κ2) is 21.8. The molecule has 1 aromatic rings. The normalized spacial score (nSPS) is 17.8. The first-order chi connectivity index (χ1) is 27.0. The van der Waals surface area contributed by atoms with Crippen molar-refractivity contribution in [3.8, 4) is 5.75 Å². The average molecular weight is 826 g/mol. The largest absolute Gasteiger partial charge is 0.494 e. The molecule has 2 atom stereocenters. The number of likely N-dealkylation sites (tertiary alicyclic amines) is 1. The molecule has 1 fully saturated rings. The highest BCUT2D eigenvalue weighted by molar-refractivity contribution is 5.94. The van der Waals surface area contributed by atoms with Crippen LogP contribution in [0, 0.1) is 16.2 Å². The van der Waals surface area contributed by atoms with Crippen LogP contribution in [0.5, 0.6) is 5.75 Å². The minimum absolute atomic E-state index is 0.132. The number of nitrogens with zero attached hydrogens (tertiary/aromatic N) is 1. The van der Waals surface area contributed by atoms with Crippen LogP contribution in [-0.4, -0.2) is 76.8 Å². The van der Waals surface area contributed by atoms with Crippen LogP contribution in [0.15, 0.2) is 24.3 Å². The second-order valence-electron chi connectivity index (χ2n) is 22.7. The van der Waals surface area contributed by atoms with Crippen LogP contribution < -0.4 is 15.4 Å². The Morgan fingerprint density at radius 2 is 1.20 bits per heavy atom. The van der Waals surface area contributed by atoms with Gasteiger partial charge in [0.25, 0.3) is 0 Å². The van der Waals surface area contributed by atoms with E-state index in [2.05, 4.69) is 52.2 Å². The molecule has 0 aliphatic carbocycles. The van der Waals surface area contributed by atoms with E-state index < -0.39 is 21.9 Å². The number of nitrogens with one attached hydrogen (secondary N) is 2. The van der Waals surface area contributed by atoms with Crippen molar-refractivity contribution in [1.82, 2.24) is 15.5 Å². The van der Waals surface area contributed by atoms with Crippen molar-refractivity contribution >= 4 is 23.4 Å². The molecule has 1 aromatic carbocycles. The van der Waals surface area contributed by atoms with E-state index in [9.17, 15) is 19.2 Å². The molecule has 9 heteroatoms. The molecule has 0 saturated carbocycles. The van der Waals surface area contributed by atoms with Gasteiger partial charge in [-0.15, -0.1) is 0 Å². The Morgan fingerprint density at radius 1 is 0.661 bits per heavy atom. The molecule has 1 saturated heterocycles. The summed E-state index contributed by atoms with van der Waals surface area (Å²) in [6, 6.07) is 7.88. The Balaban J connectivity index is 1.83. The summed E-state index contributed by atoms with van der Waals surface area (Å²) < 4.78 is 11.8. The highest BCUT2D eigenvalue weighted by atomic mass is 16.6. The summed E-state index contributed by atoms with van der Waals surface area (Å²) in [6.45, 7) is 32.3. The highest BCUT2D eigenvalue weighted by Gasteiger charge is 2.51. The van der Waals surface area contributed by atoms with Gasteiger partial charge in [-0.2, -0.15) is 0 Å². The van der Waals surface area contributed by atoms with Crippen LogP contribution in [0.4, 0.5) is 4.79 Å². The van der Waals surface area contributed by atoms with Crippen LogP contribution in [0.25, 0.3) is 0 Å². The van der Waals surface area contributed by atoms with Gasteiger partial charge in [-0.05, 0) is 91.3 Å². The van der Waals surface area contributed by atoms with Gasteiger partial charge in [0.15, 0.2) is 11.6 Å². The third kappa shape index (κ3) is 18.4. The number of carbonyl (C=O) groups is 4. The second-order valence-corrected chi connectivity index (χ2v) is 22.7. The lowest BCUT2D eigenvalue weighted by atomic mass is 9.72. The number of ether oxygens (including phenoxy) is 2. The van der Waals surface area contributed by atoms with Crippen molar-refractivity contribution in [2.24, 2.45) is 16.2 Å². The first kappa shape index (κ1) is 52.4. The fourth-order valence-electron chi connectivity index (χ4n) is 8.47. The number of Topliss-reactive ketones (excluding diaryl/α,β-unsaturated/α-hetero) is 3. The predicted octanol–water partition coefficient (Wildman–Crippen LogP) is 11.2. The zero-order chi connectivity index (χ0) is 44.9. The van der Waals surface area contributed by atoms with Crippen LogP contribution in [0.1, 0.15) is 193 Å². The van der Waals surface area contributed by atoms with Crippen LogP contribution in [0.2, 0.25) is 0 Å². The highest BCUT2D eigenvalue weighted by Crippen LogP contribution is 2.35. The van der Waals surface area contributed by atoms with Crippen molar-refractivity contribution in [3.63, 3.8) is 0 Å². The molecule has 9 nitrogen and oxygen atoms in total. The summed E-state index contributed by atoms with van der Waals surface area (Å²) in [4.78, 5) is 55.0. The molecule has 2 rings (SSSR count). The number of amides is 1. The number of carbonyl (C=O) groups excluding carboxylic acids is 4. The van der Waals surface area contributed by atoms with E-state index in [-0.39, 0.29) is 34.2 Å². The third-order valence-corrected chi connectivity index (χ3v) is 11.1. The van der Waals surface area contributed by atoms with E-state index in [1.165, 1.54) is 0 Å². The van der Waals surface area contributed by atoms with Gasteiger partial charge < -0.3 is 19.7 Å². The zero-order valence-electron chi connectivity index (χ0n) is 40.4. The van der Waals surface area contributed by atoms with Gasteiger partial charge in [0.2, 0.25) is 0 Å². The minimum atomic E-state index is -0.770. The van der Waals surface area contributed by atoms with E-state index in [1.807, 2.05) is 86.6 Å². The van der Waals surface area contributed by atoms with Gasteiger partial charge >= 0.3 is 6.09 Å². The molecule has 1 heterocycles. The fraction of sp³-hybridized carbons (Fsp3) is 0.800. The van der Waals surface area contributed by atoms with Crippen molar-refractivity contribution < 1.29 is 28.7 Å². The number of ketones is 3. The lowest BCUT2D eigenvalue weighted by molar-refractivity contribution is -0.135. The molecule has 59 heavy (non-hydrogen) atoms. The smallest absolute Gasteiger partial charge is 0.409 e. The van der Waals surface area contributed by atoms with Crippen molar-refractivity contribution in [2.75, 3.05) is 26.3 Å². The minimum Gasteiger partial charge on any atom is -0.494 e. The fourth-order valence-corrected chi connectivity index (χ4v) is 8.47. The quantitative estimate of drug-likeness (QED) is 0.105. The van der Waals surface area contributed by atoms with Crippen LogP contribution >= 0.6 is 0 Å². The molecule has 0 aromatic heterocycles. The standard InChI is InChI=1S/C50H87N3O6/c1-44(2,3)40(54)36-38-27-26-28-39(35-38)58-33-24-21-19-23-30-49(51-47(10,11)12,41(55)45(4,5)6)29-22-18-16-17-20-25-34-59-43(57)53-32-31-50(37-53,52-48(13,14)15)42(56)46(7,8)9/h26-28,35,51-52H,16-25,29-34,36-37H2,1-15H3/t49?,50-/m0/s1. The molecular weight excluding hydrogens is 739 g/mol. The molecule has 338 valence electrons. The maximum Gasteiger partial charge on any atom is 0.409 e. The number of hydrogen-bond donors (Lipinski definition) is 2. The summed E-state index contributed by atoms with van der Waals surface area (Å²) >= 11 is 0. The van der Waals surface area contributed by atoms with Crippen molar-refractivity contribution in [2.45, 2.75) is 216 Å². The average Bonchev–Trinajstić information content (AvgIpc) is 3.51. The molecule has 1 amide bonds. The van der Waals surface area contributed by atoms with E-state index >= 15 is 0 Å². The van der Waals surface area contributed by atoms with Crippen LogP contribution in [-0.2, 0) is 25.5 Å². The topological polar surface area (TPSA) is 114 Å². The molecule has 1 unspecified atom stereocenters. The first-order valence-electron chi connectivity index (χ1n) is 22.9. The summed E-state index contributed by atoms with van der Waals surface area (Å²) in [5.74, 6) is 1.45. The maximum absolute atomic E-state index is 14.2. The zero-order valence-corrected chi connectivity index (χ0v) is 40.4. The molecule has 0 radical (unpaired) electrons.